The van der Waals surface area contributed by atoms with Crippen molar-refractivity contribution in [3.8, 4) is 17.3 Å². The molecule has 0 bridgehead atoms. The molecule has 0 aliphatic rings. The average Bonchev–Trinajstić information content (AvgIpc) is 3.17. The van der Waals surface area contributed by atoms with Gasteiger partial charge in [0.25, 0.3) is 5.91 Å². The van der Waals surface area contributed by atoms with E-state index in [1.807, 2.05) is 44.2 Å². The van der Waals surface area contributed by atoms with Crippen LogP contribution in [-0.2, 0) is 0 Å². The van der Waals surface area contributed by atoms with Crippen LogP contribution in [0.2, 0.25) is 0 Å². The molecule has 0 aliphatic carbocycles. The summed E-state index contributed by atoms with van der Waals surface area (Å²) in [5.74, 6) is 1.83. The van der Waals surface area contributed by atoms with E-state index in [4.69, 9.17) is 9.47 Å². The number of anilines is 3. The first-order chi connectivity index (χ1) is 16.0. The van der Waals surface area contributed by atoms with E-state index in [1.165, 1.54) is 14.2 Å². The van der Waals surface area contributed by atoms with Gasteiger partial charge in [0.2, 0.25) is 0 Å². The van der Waals surface area contributed by atoms with E-state index < -0.39 is 0 Å². The van der Waals surface area contributed by atoms with E-state index in [9.17, 15) is 4.79 Å². The number of benzene rings is 2. The maximum absolute atomic E-state index is 12.7. The Balaban J connectivity index is 1.43. The quantitative estimate of drug-likeness (QED) is 0.438. The molecule has 4 rings (SSSR count). The summed E-state index contributed by atoms with van der Waals surface area (Å²) in [7, 11) is 3.03. The third-order valence-corrected chi connectivity index (χ3v) is 4.94. The molecule has 0 saturated carbocycles. The first-order valence-corrected chi connectivity index (χ1v) is 10.3. The number of hydrogen-bond acceptors (Lipinski definition) is 7. The number of para-hydroxylation sites is 1. The molecule has 0 spiro atoms. The van der Waals surface area contributed by atoms with E-state index in [0.717, 1.165) is 17.1 Å². The molecule has 0 saturated heterocycles. The molecule has 1 amide bonds. The molecule has 9 nitrogen and oxygen atoms in total. The Bertz CT molecular complexity index is 1270. The van der Waals surface area contributed by atoms with Crippen LogP contribution in [0.3, 0.4) is 0 Å². The molecule has 0 unspecified atom stereocenters. The average molecular weight is 444 g/mol. The maximum Gasteiger partial charge on any atom is 0.259 e. The fourth-order valence-corrected chi connectivity index (χ4v) is 3.41. The highest BCUT2D eigenvalue weighted by Crippen LogP contribution is 2.31. The molecule has 2 heterocycles. The lowest BCUT2D eigenvalue weighted by molar-refractivity contribution is 0.102. The first kappa shape index (κ1) is 21.8. The smallest absolute Gasteiger partial charge is 0.259 e. The van der Waals surface area contributed by atoms with Gasteiger partial charge in [-0.25, -0.2) is 4.68 Å². The van der Waals surface area contributed by atoms with Crippen molar-refractivity contribution in [2.45, 2.75) is 13.8 Å². The number of nitrogens with zero attached hydrogens (tertiary/aromatic N) is 4. The Morgan fingerprint density at radius 3 is 2.27 bits per heavy atom. The molecule has 0 aliphatic heterocycles. The monoisotopic (exact) mass is 444 g/mol. The summed E-state index contributed by atoms with van der Waals surface area (Å²) in [6.45, 7) is 3.91. The standard InChI is InChI=1S/C24H24N6O3/c1-15-14-16(2)30(29-15)22-13-12-21(27-28-22)25-17-8-10-18(11-9-17)26-24(31)19-6-5-7-20(32-3)23(19)33-4/h5-14H,1-4H3,(H,25,27)(H,26,31). The summed E-state index contributed by atoms with van der Waals surface area (Å²) in [5.41, 5.74) is 3.75. The van der Waals surface area contributed by atoms with Crippen molar-refractivity contribution < 1.29 is 14.3 Å². The summed E-state index contributed by atoms with van der Waals surface area (Å²) >= 11 is 0. The van der Waals surface area contributed by atoms with Crippen LogP contribution in [0, 0.1) is 13.8 Å². The Morgan fingerprint density at radius 2 is 1.67 bits per heavy atom. The molecule has 0 atom stereocenters. The number of nitrogens with one attached hydrogen (secondary N) is 2. The lowest BCUT2D eigenvalue weighted by Crippen LogP contribution is -2.13. The molecular weight excluding hydrogens is 420 g/mol. The van der Waals surface area contributed by atoms with Gasteiger partial charge in [0.05, 0.1) is 25.5 Å². The lowest BCUT2D eigenvalue weighted by Gasteiger charge is -2.13. The van der Waals surface area contributed by atoms with E-state index in [-0.39, 0.29) is 5.91 Å². The first-order valence-electron chi connectivity index (χ1n) is 10.3. The van der Waals surface area contributed by atoms with E-state index in [1.54, 1.807) is 35.0 Å². The Hall–Kier alpha value is -4.40. The highest BCUT2D eigenvalue weighted by Gasteiger charge is 2.16. The van der Waals surface area contributed by atoms with Crippen LogP contribution in [0.15, 0.2) is 60.7 Å². The van der Waals surface area contributed by atoms with Gasteiger partial charge in [-0.05, 0) is 68.4 Å². The summed E-state index contributed by atoms with van der Waals surface area (Å²) in [5, 5.41) is 19.0. The molecule has 2 aromatic heterocycles. The topological polar surface area (TPSA) is 103 Å². The minimum absolute atomic E-state index is 0.294. The molecule has 4 aromatic rings. The summed E-state index contributed by atoms with van der Waals surface area (Å²) in [6, 6.07) is 18.1. The van der Waals surface area contributed by atoms with Gasteiger partial charge < -0.3 is 20.1 Å². The lowest BCUT2D eigenvalue weighted by atomic mass is 10.1. The minimum Gasteiger partial charge on any atom is -0.493 e. The second kappa shape index (κ2) is 9.39. The van der Waals surface area contributed by atoms with Crippen molar-refractivity contribution in [2.75, 3.05) is 24.9 Å². The third kappa shape index (κ3) is 4.77. The van der Waals surface area contributed by atoms with Crippen molar-refractivity contribution in [1.29, 1.82) is 0 Å². The number of aryl methyl sites for hydroxylation is 2. The zero-order valence-electron chi connectivity index (χ0n) is 18.8. The minimum atomic E-state index is -0.294. The Kier molecular flexibility index (Phi) is 6.21. The summed E-state index contributed by atoms with van der Waals surface area (Å²) < 4.78 is 12.4. The second-order valence-corrected chi connectivity index (χ2v) is 7.31. The SMILES string of the molecule is COc1cccc(C(=O)Nc2ccc(Nc3ccc(-n4nc(C)cc4C)nn3)cc2)c1OC. The van der Waals surface area contributed by atoms with E-state index >= 15 is 0 Å². The molecule has 9 heteroatoms. The van der Waals surface area contributed by atoms with E-state index in [2.05, 4.69) is 25.9 Å². The number of amides is 1. The van der Waals surface area contributed by atoms with Crippen molar-refractivity contribution >= 4 is 23.1 Å². The van der Waals surface area contributed by atoms with E-state index in [0.29, 0.717) is 34.4 Å². The fourth-order valence-electron chi connectivity index (χ4n) is 3.41. The normalized spacial score (nSPS) is 10.5. The van der Waals surface area contributed by atoms with Crippen LogP contribution < -0.4 is 20.1 Å². The summed E-state index contributed by atoms with van der Waals surface area (Å²) in [6.07, 6.45) is 0. The Labute approximate surface area is 191 Å². The molecule has 168 valence electrons. The van der Waals surface area contributed by atoms with Crippen molar-refractivity contribution in [3.63, 3.8) is 0 Å². The molecule has 0 radical (unpaired) electrons. The maximum atomic E-state index is 12.7. The van der Waals surface area contributed by atoms with Gasteiger partial charge in [-0.1, -0.05) is 6.07 Å². The van der Waals surface area contributed by atoms with Gasteiger partial charge in [-0.15, -0.1) is 10.2 Å². The number of aromatic nitrogens is 4. The molecule has 2 aromatic carbocycles. The number of carbonyl (C=O) groups is 1. The van der Waals surface area contributed by atoms with Gasteiger partial charge in [0, 0.05) is 17.1 Å². The van der Waals surface area contributed by atoms with Gasteiger partial charge in [-0.3, -0.25) is 4.79 Å². The van der Waals surface area contributed by atoms with Gasteiger partial charge in [-0.2, -0.15) is 5.10 Å². The highest BCUT2D eigenvalue weighted by atomic mass is 16.5. The molecule has 0 fully saturated rings. The number of hydrogen-bond donors (Lipinski definition) is 2. The molecule has 33 heavy (non-hydrogen) atoms. The van der Waals surface area contributed by atoms with Crippen molar-refractivity contribution in [3.05, 3.63) is 77.6 Å². The number of rotatable bonds is 7. The zero-order valence-corrected chi connectivity index (χ0v) is 18.8. The van der Waals surface area contributed by atoms with Crippen LogP contribution >= 0.6 is 0 Å². The van der Waals surface area contributed by atoms with Crippen LogP contribution in [0.25, 0.3) is 5.82 Å². The van der Waals surface area contributed by atoms with Crippen molar-refractivity contribution in [2.24, 2.45) is 0 Å². The van der Waals surface area contributed by atoms with Crippen molar-refractivity contribution in [1.82, 2.24) is 20.0 Å². The van der Waals surface area contributed by atoms with Gasteiger partial charge >= 0.3 is 0 Å². The number of ether oxygens (including phenoxy) is 2. The number of carbonyl (C=O) groups excluding carboxylic acids is 1. The Morgan fingerprint density at radius 1 is 0.909 bits per heavy atom. The predicted molar refractivity (Wildman–Crippen MR) is 126 cm³/mol. The molecule has 2 N–H and O–H groups in total. The largest absolute Gasteiger partial charge is 0.493 e. The summed E-state index contributed by atoms with van der Waals surface area (Å²) in [4.78, 5) is 12.7. The number of methoxy groups -OCH3 is 2. The van der Waals surface area contributed by atoms with Crippen LogP contribution in [0.1, 0.15) is 21.7 Å². The predicted octanol–water partition coefficient (Wildman–Crippen LogP) is 4.29. The van der Waals surface area contributed by atoms with Gasteiger partial charge in [0.1, 0.15) is 0 Å². The fraction of sp³-hybridized carbons (Fsp3) is 0.167. The molecular formula is C24H24N6O3. The second-order valence-electron chi connectivity index (χ2n) is 7.31. The third-order valence-electron chi connectivity index (χ3n) is 4.94. The van der Waals surface area contributed by atoms with Gasteiger partial charge in [0.15, 0.2) is 23.1 Å². The van der Waals surface area contributed by atoms with Crippen LogP contribution in [0.4, 0.5) is 17.2 Å². The van der Waals surface area contributed by atoms with Crippen LogP contribution in [-0.4, -0.2) is 40.1 Å². The zero-order chi connectivity index (χ0) is 23.4. The van der Waals surface area contributed by atoms with Crippen LogP contribution in [0.5, 0.6) is 11.5 Å². The highest BCUT2D eigenvalue weighted by molar-refractivity contribution is 6.06.